The van der Waals surface area contributed by atoms with Crippen molar-refractivity contribution in [3.63, 3.8) is 0 Å². The molecular weight excluding hydrogens is 364 g/mol. The van der Waals surface area contributed by atoms with Crippen molar-refractivity contribution in [2.24, 2.45) is 4.99 Å². The van der Waals surface area contributed by atoms with Gasteiger partial charge in [-0.15, -0.1) is 0 Å². The molecular formula is C20H17ClN4O2. The first-order chi connectivity index (χ1) is 13.2. The molecule has 2 aromatic carbocycles. The highest BCUT2D eigenvalue weighted by Crippen LogP contribution is 2.27. The SMILES string of the molecule is COc1ccc(C=Nc2c(C#N)ncn2Cc2ccccc2Cl)cc1OC. The molecule has 0 saturated carbocycles. The van der Waals surface area contributed by atoms with Crippen LogP contribution in [-0.2, 0) is 6.54 Å². The third kappa shape index (κ3) is 4.10. The van der Waals surface area contributed by atoms with E-state index in [1.165, 1.54) is 0 Å². The van der Waals surface area contributed by atoms with Crippen molar-refractivity contribution in [1.29, 1.82) is 5.26 Å². The number of hydrogen-bond acceptors (Lipinski definition) is 5. The van der Waals surface area contributed by atoms with E-state index in [1.54, 1.807) is 37.4 Å². The number of hydrogen-bond donors (Lipinski definition) is 0. The monoisotopic (exact) mass is 380 g/mol. The van der Waals surface area contributed by atoms with E-state index in [2.05, 4.69) is 16.0 Å². The molecule has 0 N–H and O–H groups in total. The fourth-order valence-electron chi connectivity index (χ4n) is 2.58. The normalized spacial score (nSPS) is 10.7. The Morgan fingerprint density at radius 3 is 2.67 bits per heavy atom. The molecule has 3 rings (SSSR count). The first-order valence-electron chi connectivity index (χ1n) is 8.11. The Hall–Kier alpha value is -3.30. The molecule has 0 unspecified atom stereocenters. The smallest absolute Gasteiger partial charge is 0.185 e. The Kier molecular flexibility index (Phi) is 5.74. The molecule has 0 aliphatic carbocycles. The number of imidazole rings is 1. The summed E-state index contributed by atoms with van der Waals surface area (Å²) in [6.07, 6.45) is 3.24. The quantitative estimate of drug-likeness (QED) is 0.600. The Morgan fingerprint density at radius 2 is 1.96 bits per heavy atom. The number of halogens is 1. The number of ether oxygens (including phenoxy) is 2. The highest BCUT2D eigenvalue weighted by atomic mass is 35.5. The van der Waals surface area contributed by atoms with Crippen LogP contribution in [0, 0.1) is 11.3 Å². The first kappa shape index (κ1) is 18.5. The van der Waals surface area contributed by atoms with Crippen LogP contribution >= 0.6 is 11.6 Å². The molecule has 0 aliphatic rings. The standard InChI is InChI=1S/C20H17ClN4O2/c1-26-18-8-7-14(9-19(18)27-2)11-23-20-17(10-22)24-13-25(20)12-15-5-3-4-6-16(15)21/h3-9,11,13H,12H2,1-2H3. The average Bonchev–Trinajstić information content (AvgIpc) is 3.09. The van der Waals surface area contributed by atoms with Crippen molar-refractivity contribution in [1.82, 2.24) is 9.55 Å². The van der Waals surface area contributed by atoms with Crippen LogP contribution in [0.15, 0.2) is 53.8 Å². The van der Waals surface area contributed by atoms with Crippen LogP contribution in [0.5, 0.6) is 11.5 Å². The minimum Gasteiger partial charge on any atom is -0.493 e. The Balaban J connectivity index is 1.93. The van der Waals surface area contributed by atoms with E-state index < -0.39 is 0 Å². The molecule has 3 aromatic rings. The molecule has 1 heterocycles. The third-order valence-electron chi connectivity index (χ3n) is 3.96. The lowest BCUT2D eigenvalue weighted by Gasteiger charge is -2.08. The van der Waals surface area contributed by atoms with Gasteiger partial charge in [-0.3, -0.25) is 0 Å². The van der Waals surface area contributed by atoms with Gasteiger partial charge in [0.25, 0.3) is 0 Å². The van der Waals surface area contributed by atoms with E-state index >= 15 is 0 Å². The molecule has 7 heteroatoms. The molecule has 0 amide bonds. The van der Waals surface area contributed by atoms with Crippen molar-refractivity contribution in [2.75, 3.05) is 14.2 Å². The van der Waals surface area contributed by atoms with Gasteiger partial charge in [0, 0.05) is 11.2 Å². The topological polar surface area (TPSA) is 72.4 Å². The Bertz CT molecular complexity index is 1020. The molecule has 0 atom stereocenters. The third-order valence-corrected chi connectivity index (χ3v) is 4.33. The largest absolute Gasteiger partial charge is 0.493 e. The molecule has 0 bridgehead atoms. The second kappa shape index (κ2) is 8.39. The molecule has 136 valence electrons. The summed E-state index contributed by atoms with van der Waals surface area (Å²) >= 11 is 6.24. The summed E-state index contributed by atoms with van der Waals surface area (Å²) in [4.78, 5) is 8.61. The maximum absolute atomic E-state index is 9.34. The highest BCUT2D eigenvalue weighted by molar-refractivity contribution is 6.31. The van der Waals surface area contributed by atoms with E-state index in [0.29, 0.717) is 28.9 Å². The minimum absolute atomic E-state index is 0.249. The molecule has 27 heavy (non-hydrogen) atoms. The molecule has 1 aromatic heterocycles. The van der Waals surface area contributed by atoms with Gasteiger partial charge >= 0.3 is 0 Å². The van der Waals surface area contributed by atoms with Crippen molar-refractivity contribution in [3.05, 3.63) is 70.6 Å². The second-order valence-electron chi connectivity index (χ2n) is 5.62. The van der Waals surface area contributed by atoms with Crippen LogP contribution in [0.4, 0.5) is 5.82 Å². The highest BCUT2D eigenvalue weighted by Gasteiger charge is 2.11. The van der Waals surface area contributed by atoms with Crippen LogP contribution in [0.3, 0.4) is 0 Å². The fraction of sp³-hybridized carbons (Fsp3) is 0.150. The van der Waals surface area contributed by atoms with Crippen molar-refractivity contribution < 1.29 is 9.47 Å². The molecule has 0 saturated heterocycles. The van der Waals surface area contributed by atoms with Gasteiger partial charge in [0.2, 0.25) is 0 Å². The molecule has 6 nitrogen and oxygen atoms in total. The van der Waals surface area contributed by atoms with E-state index in [-0.39, 0.29) is 5.69 Å². The fourth-order valence-corrected chi connectivity index (χ4v) is 2.78. The lowest BCUT2D eigenvalue weighted by molar-refractivity contribution is 0.355. The number of rotatable bonds is 6. The number of nitriles is 1. The van der Waals surface area contributed by atoms with Crippen LogP contribution < -0.4 is 9.47 Å². The van der Waals surface area contributed by atoms with Gasteiger partial charge in [-0.2, -0.15) is 5.26 Å². The zero-order valence-electron chi connectivity index (χ0n) is 14.9. The molecule has 0 aliphatic heterocycles. The first-order valence-corrected chi connectivity index (χ1v) is 8.48. The lowest BCUT2D eigenvalue weighted by atomic mass is 10.2. The van der Waals surface area contributed by atoms with Gasteiger partial charge in [-0.1, -0.05) is 29.8 Å². The average molecular weight is 381 g/mol. The van der Waals surface area contributed by atoms with Gasteiger partial charge < -0.3 is 14.0 Å². The summed E-state index contributed by atoms with van der Waals surface area (Å²) in [6, 6.07) is 15.1. The molecule has 0 spiro atoms. The van der Waals surface area contributed by atoms with Gasteiger partial charge in [0.15, 0.2) is 23.0 Å². The summed E-state index contributed by atoms with van der Waals surface area (Å²) in [5, 5.41) is 9.99. The van der Waals surface area contributed by atoms with Gasteiger partial charge in [0.1, 0.15) is 6.07 Å². The predicted molar refractivity (Wildman–Crippen MR) is 104 cm³/mol. The number of aromatic nitrogens is 2. The van der Waals surface area contributed by atoms with Crippen LogP contribution in [-0.4, -0.2) is 30.0 Å². The van der Waals surface area contributed by atoms with Crippen LogP contribution in [0.2, 0.25) is 5.02 Å². The second-order valence-corrected chi connectivity index (χ2v) is 6.03. The van der Waals surface area contributed by atoms with Gasteiger partial charge in [-0.05, 0) is 35.4 Å². The maximum atomic E-state index is 9.34. The zero-order chi connectivity index (χ0) is 19.2. The molecule has 0 radical (unpaired) electrons. The van der Waals surface area contributed by atoms with E-state index in [4.69, 9.17) is 21.1 Å². The van der Waals surface area contributed by atoms with E-state index in [1.807, 2.05) is 36.4 Å². The Morgan fingerprint density at radius 1 is 1.19 bits per heavy atom. The summed E-state index contributed by atoms with van der Waals surface area (Å²) in [5.41, 5.74) is 1.98. The van der Waals surface area contributed by atoms with E-state index in [0.717, 1.165) is 11.1 Å². The van der Waals surface area contributed by atoms with Gasteiger partial charge in [0.05, 0.1) is 27.1 Å². The van der Waals surface area contributed by atoms with E-state index in [9.17, 15) is 5.26 Å². The summed E-state index contributed by atoms with van der Waals surface area (Å²) in [7, 11) is 3.16. The van der Waals surface area contributed by atoms with Gasteiger partial charge in [-0.25, -0.2) is 9.98 Å². The van der Waals surface area contributed by atoms with Crippen molar-refractivity contribution in [2.45, 2.75) is 6.54 Å². The summed E-state index contributed by atoms with van der Waals surface area (Å²) in [6.45, 7) is 0.465. The summed E-state index contributed by atoms with van der Waals surface area (Å²) < 4.78 is 12.3. The van der Waals surface area contributed by atoms with Crippen molar-refractivity contribution >= 4 is 23.6 Å². The van der Waals surface area contributed by atoms with Crippen LogP contribution in [0.1, 0.15) is 16.8 Å². The minimum atomic E-state index is 0.249. The summed E-state index contributed by atoms with van der Waals surface area (Å²) in [5.74, 6) is 1.70. The number of nitrogens with zero attached hydrogens (tertiary/aromatic N) is 4. The number of methoxy groups -OCH3 is 2. The molecule has 0 fully saturated rings. The Labute approximate surface area is 162 Å². The lowest BCUT2D eigenvalue weighted by Crippen LogP contribution is -1.99. The maximum Gasteiger partial charge on any atom is 0.185 e. The number of benzene rings is 2. The predicted octanol–water partition coefficient (Wildman–Crippen LogP) is 4.22. The van der Waals surface area contributed by atoms with Crippen molar-refractivity contribution in [3.8, 4) is 17.6 Å². The van der Waals surface area contributed by atoms with Crippen LogP contribution in [0.25, 0.3) is 0 Å². The zero-order valence-corrected chi connectivity index (χ0v) is 15.6. The number of aliphatic imine (C=N–C) groups is 1.